The number of alkyl halides is 3. The molecule has 1 fully saturated rings. The average molecular weight is 412 g/mol. The lowest BCUT2D eigenvalue weighted by Crippen LogP contribution is -2.57. The van der Waals surface area contributed by atoms with Crippen LogP contribution >= 0.6 is 0 Å². The first-order valence-electron chi connectivity index (χ1n) is 9.14. The normalized spacial score (nSPS) is 26.4. The average Bonchev–Trinajstić information content (AvgIpc) is 3.16. The van der Waals surface area contributed by atoms with Crippen molar-refractivity contribution < 1.29 is 32.6 Å². The summed E-state index contributed by atoms with van der Waals surface area (Å²) in [5.41, 5.74) is 1.18. The van der Waals surface area contributed by atoms with Gasteiger partial charge in [0.2, 0.25) is 0 Å². The lowest BCUT2D eigenvalue weighted by molar-refractivity contribution is -0.190. The van der Waals surface area contributed by atoms with Crippen LogP contribution in [0.5, 0.6) is 0 Å². The number of methoxy groups -OCH3 is 1. The van der Waals surface area contributed by atoms with Crippen LogP contribution in [0.15, 0.2) is 35.9 Å². The first-order valence-corrected chi connectivity index (χ1v) is 9.14. The molecule has 2 heterocycles. The molecule has 1 amide bonds. The molecule has 3 atom stereocenters. The zero-order chi connectivity index (χ0) is 21.6. The van der Waals surface area contributed by atoms with Crippen molar-refractivity contribution in [2.75, 3.05) is 25.7 Å². The Morgan fingerprint density at radius 3 is 2.59 bits per heavy atom. The second-order valence-corrected chi connectivity index (χ2v) is 7.52. The van der Waals surface area contributed by atoms with Crippen LogP contribution in [0.1, 0.15) is 25.3 Å². The molecule has 1 aromatic carbocycles. The maximum Gasteiger partial charge on any atom is 0.471 e. The lowest BCUT2D eigenvalue weighted by Gasteiger charge is -2.37. The fourth-order valence-corrected chi connectivity index (χ4v) is 4.58. The molecule has 0 aromatic heterocycles. The molecule has 0 radical (unpaired) electrons. The first kappa shape index (κ1) is 21.2. The van der Waals surface area contributed by atoms with Gasteiger partial charge in [-0.15, -0.1) is 0 Å². The number of anilines is 1. The Balaban J connectivity index is 2.20. The number of nitrogens with zero attached hydrogens (tertiary/aromatic N) is 2. The minimum absolute atomic E-state index is 0.0112. The van der Waals surface area contributed by atoms with Gasteiger partial charge in [-0.3, -0.25) is 9.69 Å². The molecular weight excluding hydrogens is 389 g/mol. The molecule has 0 aliphatic carbocycles. The summed E-state index contributed by atoms with van der Waals surface area (Å²) in [7, 11) is 2.71. The summed E-state index contributed by atoms with van der Waals surface area (Å²) >= 11 is 0. The number of allylic oxidation sites excluding steroid dienone is 1. The smallest absolute Gasteiger partial charge is 0.467 e. The van der Waals surface area contributed by atoms with E-state index in [9.17, 15) is 27.9 Å². The molecule has 6 nitrogen and oxygen atoms in total. The molecule has 2 aliphatic heterocycles. The molecule has 9 heteroatoms. The Kier molecular flexibility index (Phi) is 5.38. The fraction of sp³-hybridized carbons (Fsp3) is 0.500. The van der Waals surface area contributed by atoms with Crippen LogP contribution in [-0.2, 0) is 19.7 Å². The minimum Gasteiger partial charge on any atom is -0.467 e. The molecule has 0 bridgehead atoms. The first-order chi connectivity index (χ1) is 13.6. The van der Waals surface area contributed by atoms with E-state index in [-0.39, 0.29) is 19.4 Å². The number of rotatable bonds is 4. The van der Waals surface area contributed by atoms with Crippen LogP contribution in [0.3, 0.4) is 0 Å². The number of likely N-dealkylation sites (tertiary alicyclic amines) is 1. The van der Waals surface area contributed by atoms with E-state index in [0.717, 1.165) is 12.7 Å². The van der Waals surface area contributed by atoms with Gasteiger partial charge in [-0.25, -0.2) is 4.79 Å². The van der Waals surface area contributed by atoms with Crippen molar-refractivity contribution in [1.82, 2.24) is 4.90 Å². The lowest BCUT2D eigenvalue weighted by atomic mass is 9.75. The van der Waals surface area contributed by atoms with Gasteiger partial charge < -0.3 is 14.7 Å². The topological polar surface area (TPSA) is 70.1 Å². The fourth-order valence-electron chi connectivity index (χ4n) is 4.58. The van der Waals surface area contributed by atoms with E-state index in [1.807, 2.05) is 6.07 Å². The predicted molar refractivity (Wildman–Crippen MR) is 99.1 cm³/mol. The van der Waals surface area contributed by atoms with E-state index in [0.29, 0.717) is 16.2 Å². The number of fused-ring (bicyclic) bond motifs is 3. The number of benzene rings is 1. The van der Waals surface area contributed by atoms with E-state index < -0.39 is 35.7 Å². The summed E-state index contributed by atoms with van der Waals surface area (Å²) in [5.74, 6) is -2.95. The van der Waals surface area contributed by atoms with Gasteiger partial charge in [0, 0.05) is 18.2 Å². The van der Waals surface area contributed by atoms with Crippen LogP contribution < -0.4 is 4.90 Å². The molecule has 158 valence electrons. The molecule has 1 N–H and O–H groups in total. The number of para-hydroxylation sites is 1. The number of esters is 1. The van der Waals surface area contributed by atoms with Gasteiger partial charge in [0.15, 0.2) is 0 Å². The quantitative estimate of drug-likeness (QED) is 0.608. The Morgan fingerprint density at radius 1 is 1.34 bits per heavy atom. The second kappa shape index (κ2) is 7.37. The Hall–Kier alpha value is -2.55. The summed E-state index contributed by atoms with van der Waals surface area (Å²) in [4.78, 5) is 27.0. The largest absolute Gasteiger partial charge is 0.471 e. The van der Waals surface area contributed by atoms with Crippen molar-refractivity contribution >= 4 is 17.6 Å². The number of hydrogen-bond donors (Lipinski definition) is 1. The number of ether oxygens (including phenoxy) is 1. The molecule has 0 spiro atoms. The zero-order valence-corrected chi connectivity index (χ0v) is 16.4. The number of amides is 1. The number of aliphatic hydroxyl groups excluding tert-OH is 1. The minimum atomic E-state index is -5.13. The highest BCUT2D eigenvalue weighted by Gasteiger charge is 2.65. The third-order valence-corrected chi connectivity index (χ3v) is 5.85. The molecule has 3 rings (SSSR count). The molecular formula is C20H23F3N2O4. The number of halogens is 3. The predicted octanol–water partition coefficient (Wildman–Crippen LogP) is 2.37. The van der Waals surface area contributed by atoms with Crippen molar-refractivity contribution in [2.45, 2.75) is 43.6 Å². The second-order valence-electron chi connectivity index (χ2n) is 7.52. The van der Waals surface area contributed by atoms with Crippen LogP contribution in [0, 0.1) is 0 Å². The summed E-state index contributed by atoms with van der Waals surface area (Å²) in [6, 6.07) is 5.77. The third-order valence-electron chi connectivity index (χ3n) is 5.85. The van der Waals surface area contributed by atoms with E-state index in [4.69, 9.17) is 4.74 Å². The van der Waals surface area contributed by atoms with Gasteiger partial charge in [-0.1, -0.05) is 29.8 Å². The van der Waals surface area contributed by atoms with Crippen LogP contribution in [-0.4, -0.2) is 61.0 Å². The maximum atomic E-state index is 13.4. The van der Waals surface area contributed by atoms with E-state index >= 15 is 0 Å². The number of hydrogen-bond acceptors (Lipinski definition) is 5. The summed E-state index contributed by atoms with van der Waals surface area (Å²) < 4.78 is 45.1. The van der Waals surface area contributed by atoms with Crippen LogP contribution in [0.4, 0.5) is 18.9 Å². The van der Waals surface area contributed by atoms with Gasteiger partial charge in [0.1, 0.15) is 12.2 Å². The monoisotopic (exact) mass is 412 g/mol. The number of likely N-dealkylation sites (N-methyl/N-ethyl adjacent to an activating group) is 1. The SMILES string of the molecule is COC(=O)[C@H]1C[C@]2(C/C=C(\C)CO)c3ccccc3N(C)[C@@H]2N1C(=O)C(F)(F)F. The van der Waals surface area contributed by atoms with E-state index in [1.165, 1.54) is 0 Å². The van der Waals surface area contributed by atoms with Crippen molar-refractivity contribution in [3.05, 3.63) is 41.5 Å². The number of aliphatic hydroxyl groups is 1. The van der Waals surface area contributed by atoms with E-state index in [1.54, 1.807) is 43.1 Å². The van der Waals surface area contributed by atoms with Crippen LogP contribution in [0.2, 0.25) is 0 Å². The van der Waals surface area contributed by atoms with Gasteiger partial charge in [-0.2, -0.15) is 13.2 Å². The van der Waals surface area contributed by atoms with Crippen molar-refractivity contribution in [1.29, 1.82) is 0 Å². The maximum absolute atomic E-state index is 13.4. The van der Waals surface area contributed by atoms with Crippen molar-refractivity contribution in [3.8, 4) is 0 Å². The van der Waals surface area contributed by atoms with Gasteiger partial charge >= 0.3 is 18.1 Å². The Morgan fingerprint density at radius 2 is 2.00 bits per heavy atom. The highest BCUT2D eigenvalue weighted by molar-refractivity contribution is 5.90. The Bertz CT molecular complexity index is 854. The number of carbonyl (C=O) groups is 2. The van der Waals surface area contributed by atoms with Crippen molar-refractivity contribution in [3.63, 3.8) is 0 Å². The van der Waals surface area contributed by atoms with Crippen LogP contribution in [0.25, 0.3) is 0 Å². The molecule has 29 heavy (non-hydrogen) atoms. The Labute approximate surface area is 166 Å². The molecule has 2 aliphatic rings. The highest BCUT2D eigenvalue weighted by atomic mass is 19.4. The molecule has 1 saturated heterocycles. The summed E-state index contributed by atoms with van der Waals surface area (Å²) in [5, 5.41) is 9.35. The summed E-state index contributed by atoms with van der Waals surface area (Å²) in [6.45, 7) is 1.52. The zero-order valence-electron chi connectivity index (χ0n) is 16.4. The van der Waals surface area contributed by atoms with Crippen molar-refractivity contribution in [2.24, 2.45) is 0 Å². The molecule has 1 aromatic rings. The highest BCUT2D eigenvalue weighted by Crippen LogP contribution is 2.56. The number of carbonyl (C=O) groups excluding carboxylic acids is 2. The van der Waals surface area contributed by atoms with Gasteiger partial charge in [0.25, 0.3) is 0 Å². The standard InChI is InChI=1S/C20H23F3N2O4/c1-12(11-26)8-9-19-10-15(16(27)29-3)25(18(28)20(21,22)23)17(19)24(2)14-7-5-4-6-13(14)19/h4-8,15,17,26H,9-11H2,1-3H3/b12-8+/t15-,17-,19-/m1/s1. The van der Waals surface area contributed by atoms with Gasteiger partial charge in [0.05, 0.1) is 13.7 Å². The third kappa shape index (κ3) is 3.27. The molecule has 0 unspecified atom stereocenters. The molecule has 0 saturated carbocycles. The summed E-state index contributed by atoms with van der Waals surface area (Å²) in [6.07, 6.45) is -4.14. The van der Waals surface area contributed by atoms with E-state index in [2.05, 4.69) is 0 Å². The van der Waals surface area contributed by atoms with Gasteiger partial charge in [-0.05, 0) is 31.4 Å².